The van der Waals surface area contributed by atoms with Gasteiger partial charge in [0.2, 0.25) is 0 Å². The van der Waals surface area contributed by atoms with Gasteiger partial charge in [-0.15, -0.1) is 0 Å². The number of rotatable bonds is 1. The fourth-order valence-electron chi connectivity index (χ4n) is 3.34. The van der Waals surface area contributed by atoms with Crippen molar-refractivity contribution in [1.29, 1.82) is 0 Å². The quantitative estimate of drug-likeness (QED) is 0.864. The lowest BCUT2D eigenvalue weighted by molar-refractivity contribution is 0.0815. The van der Waals surface area contributed by atoms with Crippen LogP contribution in [-0.4, -0.2) is 18.7 Å². The van der Waals surface area contributed by atoms with Crippen molar-refractivity contribution in [2.75, 3.05) is 13.1 Å². The molecule has 0 aromatic heterocycles. The first-order valence-electron chi connectivity index (χ1n) is 7.74. The van der Waals surface area contributed by atoms with E-state index in [4.69, 9.17) is 4.74 Å². The molecule has 112 valence electrons. The number of fused-ring (bicyclic) bond motifs is 1. The summed E-state index contributed by atoms with van der Waals surface area (Å²) in [6.07, 6.45) is 4.06. The van der Waals surface area contributed by atoms with Crippen LogP contribution in [0.5, 0.6) is 5.75 Å². The van der Waals surface area contributed by atoms with E-state index in [1.54, 1.807) is 12.1 Å². The van der Waals surface area contributed by atoms with E-state index in [2.05, 4.69) is 23.5 Å². The van der Waals surface area contributed by atoms with E-state index in [1.807, 2.05) is 18.2 Å². The molecular weight excluding hydrogens is 277 g/mol. The molecule has 0 bridgehead atoms. The van der Waals surface area contributed by atoms with E-state index >= 15 is 0 Å². The summed E-state index contributed by atoms with van der Waals surface area (Å²) in [5.74, 6) is 0.551. The second-order valence-corrected chi connectivity index (χ2v) is 5.98. The van der Waals surface area contributed by atoms with Crippen LogP contribution in [-0.2, 0) is 0 Å². The monoisotopic (exact) mass is 295 g/mol. The zero-order chi connectivity index (χ0) is 15.0. The Hall–Kier alpha value is -2.13. The van der Waals surface area contributed by atoms with Gasteiger partial charge in [0.05, 0.1) is 0 Å². The molecule has 1 saturated heterocycles. The van der Waals surface area contributed by atoms with Crippen LogP contribution >= 0.6 is 0 Å². The molecule has 2 aliphatic rings. The van der Waals surface area contributed by atoms with Crippen LogP contribution in [0.2, 0.25) is 0 Å². The number of benzene rings is 2. The molecule has 0 saturated carbocycles. The third-order valence-corrected chi connectivity index (χ3v) is 4.49. The molecule has 0 unspecified atom stereocenters. The first kappa shape index (κ1) is 13.5. The van der Waals surface area contributed by atoms with Crippen LogP contribution in [0, 0.1) is 5.82 Å². The minimum atomic E-state index is -0.277. The first-order valence-corrected chi connectivity index (χ1v) is 7.74. The summed E-state index contributed by atoms with van der Waals surface area (Å²) in [7, 11) is 0. The summed E-state index contributed by atoms with van der Waals surface area (Å²) in [6.45, 7) is 1.88. The lowest BCUT2D eigenvalue weighted by Crippen LogP contribution is -2.46. The third kappa shape index (κ3) is 2.32. The molecule has 2 aromatic carbocycles. The molecule has 4 rings (SSSR count). The summed E-state index contributed by atoms with van der Waals surface area (Å²) in [5, 5.41) is 3.37. The van der Waals surface area contributed by atoms with Crippen LogP contribution < -0.4 is 10.1 Å². The Kier molecular flexibility index (Phi) is 3.23. The lowest BCUT2D eigenvalue weighted by atomic mass is 9.83. The van der Waals surface area contributed by atoms with Gasteiger partial charge in [-0.3, -0.25) is 0 Å². The Bertz CT molecular complexity index is 717. The minimum absolute atomic E-state index is 0.231. The average Bonchev–Trinajstić information content (AvgIpc) is 2.56. The summed E-state index contributed by atoms with van der Waals surface area (Å²) in [4.78, 5) is 0. The topological polar surface area (TPSA) is 21.3 Å². The highest BCUT2D eigenvalue weighted by Crippen LogP contribution is 2.42. The molecule has 2 aliphatic heterocycles. The standard InChI is InChI=1S/C19H18FNO/c20-15-6-7-18-16(12-15)17(14-4-2-1-3-5-14)13-19(22-18)8-10-21-11-9-19/h1-7,12-13,21H,8-11H2. The molecule has 1 spiro atoms. The van der Waals surface area contributed by atoms with E-state index in [0.717, 1.165) is 48.4 Å². The highest BCUT2D eigenvalue weighted by Gasteiger charge is 2.37. The second kappa shape index (κ2) is 5.25. The van der Waals surface area contributed by atoms with E-state index in [-0.39, 0.29) is 11.4 Å². The summed E-state index contributed by atoms with van der Waals surface area (Å²) < 4.78 is 20.0. The molecular formula is C19H18FNO. The van der Waals surface area contributed by atoms with Gasteiger partial charge >= 0.3 is 0 Å². The largest absolute Gasteiger partial charge is 0.482 e. The molecule has 2 heterocycles. The molecule has 22 heavy (non-hydrogen) atoms. The van der Waals surface area contributed by atoms with Gasteiger partial charge in [0.15, 0.2) is 0 Å². The fraction of sp³-hybridized carbons (Fsp3) is 0.263. The van der Waals surface area contributed by atoms with Gasteiger partial charge in [0, 0.05) is 18.4 Å². The van der Waals surface area contributed by atoms with Crippen molar-refractivity contribution in [2.45, 2.75) is 18.4 Å². The molecule has 0 radical (unpaired) electrons. The molecule has 3 heteroatoms. The van der Waals surface area contributed by atoms with E-state index in [1.165, 1.54) is 6.07 Å². The fourth-order valence-corrected chi connectivity index (χ4v) is 3.34. The molecule has 2 nitrogen and oxygen atoms in total. The predicted octanol–water partition coefficient (Wildman–Crippen LogP) is 3.77. The Labute approximate surface area is 129 Å². The van der Waals surface area contributed by atoms with Gasteiger partial charge in [-0.2, -0.15) is 0 Å². The van der Waals surface area contributed by atoms with Crippen molar-refractivity contribution in [3.8, 4) is 5.75 Å². The van der Waals surface area contributed by atoms with E-state index in [9.17, 15) is 4.39 Å². The number of piperidine rings is 1. The van der Waals surface area contributed by atoms with Crippen molar-refractivity contribution in [3.05, 3.63) is 71.6 Å². The zero-order valence-corrected chi connectivity index (χ0v) is 12.3. The van der Waals surface area contributed by atoms with Crippen molar-refractivity contribution < 1.29 is 9.13 Å². The second-order valence-electron chi connectivity index (χ2n) is 5.98. The van der Waals surface area contributed by atoms with Crippen LogP contribution in [0.1, 0.15) is 24.0 Å². The van der Waals surface area contributed by atoms with Gasteiger partial charge in [0.25, 0.3) is 0 Å². The molecule has 0 aliphatic carbocycles. The summed E-state index contributed by atoms with van der Waals surface area (Å²) in [6, 6.07) is 15.0. The van der Waals surface area contributed by atoms with Gasteiger partial charge in [-0.1, -0.05) is 30.3 Å². The SMILES string of the molecule is Fc1ccc2c(c1)C(c1ccccc1)=CC1(CCNCC1)O2. The Balaban J connectivity index is 1.88. The van der Waals surface area contributed by atoms with Gasteiger partial charge in [0.1, 0.15) is 17.2 Å². The highest BCUT2D eigenvalue weighted by atomic mass is 19.1. The molecule has 0 atom stereocenters. The van der Waals surface area contributed by atoms with Crippen LogP contribution in [0.4, 0.5) is 4.39 Å². The van der Waals surface area contributed by atoms with Crippen molar-refractivity contribution in [2.24, 2.45) is 0 Å². The zero-order valence-electron chi connectivity index (χ0n) is 12.3. The lowest BCUT2D eigenvalue weighted by Gasteiger charge is -2.40. The average molecular weight is 295 g/mol. The van der Waals surface area contributed by atoms with Gasteiger partial charge in [-0.25, -0.2) is 4.39 Å². The maximum Gasteiger partial charge on any atom is 0.130 e. The predicted molar refractivity (Wildman–Crippen MR) is 85.4 cm³/mol. The molecule has 0 amide bonds. The van der Waals surface area contributed by atoms with Crippen LogP contribution in [0.25, 0.3) is 5.57 Å². The van der Waals surface area contributed by atoms with E-state index < -0.39 is 0 Å². The number of halogens is 1. The maximum absolute atomic E-state index is 13.7. The van der Waals surface area contributed by atoms with Crippen LogP contribution in [0.15, 0.2) is 54.6 Å². The third-order valence-electron chi connectivity index (χ3n) is 4.49. The van der Waals surface area contributed by atoms with Crippen LogP contribution in [0.3, 0.4) is 0 Å². The molecule has 1 N–H and O–H groups in total. The van der Waals surface area contributed by atoms with Gasteiger partial charge < -0.3 is 10.1 Å². The van der Waals surface area contributed by atoms with Crippen molar-refractivity contribution >= 4 is 5.57 Å². The smallest absolute Gasteiger partial charge is 0.130 e. The van der Waals surface area contributed by atoms with Gasteiger partial charge in [-0.05, 0) is 48.5 Å². The van der Waals surface area contributed by atoms with E-state index in [0.29, 0.717) is 0 Å². The Morgan fingerprint density at radius 3 is 2.55 bits per heavy atom. The number of nitrogens with one attached hydrogen (secondary N) is 1. The van der Waals surface area contributed by atoms with Crippen molar-refractivity contribution in [3.63, 3.8) is 0 Å². The first-order chi connectivity index (χ1) is 10.8. The van der Waals surface area contributed by atoms with Crippen molar-refractivity contribution in [1.82, 2.24) is 5.32 Å². The Morgan fingerprint density at radius 2 is 1.77 bits per heavy atom. The normalized spacial score (nSPS) is 19.2. The molecule has 1 fully saturated rings. The number of hydrogen-bond acceptors (Lipinski definition) is 2. The number of ether oxygens (including phenoxy) is 1. The summed E-state index contributed by atoms with van der Waals surface area (Å²) >= 11 is 0. The highest BCUT2D eigenvalue weighted by molar-refractivity contribution is 5.84. The maximum atomic E-state index is 13.7. The molecule has 2 aromatic rings. The Morgan fingerprint density at radius 1 is 1.00 bits per heavy atom. The minimum Gasteiger partial charge on any atom is -0.482 e. The number of hydrogen-bond donors (Lipinski definition) is 1. The summed E-state index contributed by atoms with van der Waals surface area (Å²) in [5.41, 5.74) is 2.75.